The predicted molar refractivity (Wildman–Crippen MR) is 117 cm³/mol. The molecule has 156 valence electrons. The number of nitriles is 1. The van der Waals surface area contributed by atoms with Crippen LogP contribution in [-0.4, -0.2) is 55.5 Å². The number of rotatable bonds is 8. The van der Waals surface area contributed by atoms with E-state index in [0.29, 0.717) is 19.6 Å². The molecule has 3 rings (SSSR count). The van der Waals surface area contributed by atoms with E-state index in [9.17, 15) is 10.1 Å². The first-order valence-electron chi connectivity index (χ1n) is 10.2. The topological polar surface area (TPSA) is 68.6 Å². The van der Waals surface area contributed by atoms with Crippen molar-refractivity contribution in [2.75, 3.05) is 39.8 Å². The molecule has 6 nitrogen and oxygen atoms in total. The summed E-state index contributed by atoms with van der Waals surface area (Å²) in [5.41, 5.74) is 2.50. The molecular weight excluding hydrogens is 376 g/mol. The third kappa shape index (κ3) is 5.85. The number of hydrogen-bond donors (Lipinski definition) is 1. The zero-order valence-corrected chi connectivity index (χ0v) is 17.4. The summed E-state index contributed by atoms with van der Waals surface area (Å²) in [6.45, 7) is 4.37. The lowest BCUT2D eigenvalue weighted by atomic mass is 10.1. The van der Waals surface area contributed by atoms with E-state index in [1.165, 1.54) is 11.8 Å². The Morgan fingerprint density at radius 1 is 1.10 bits per heavy atom. The Kier molecular flexibility index (Phi) is 7.87. The number of carbonyl (C=O) groups excluding carboxylic acids is 1. The molecule has 1 saturated heterocycles. The van der Waals surface area contributed by atoms with Crippen LogP contribution < -0.4 is 10.1 Å². The molecule has 1 aliphatic heterocycles. The van der Waals surface area contributed by atoms with E-state index in [0.717, 1.165) is 37.4 Å². The first kappa shape index (κ1) is 21.4. The third-order valence-corrected chi connectivity index (χ3v) is 5.24. The van der Waals surface area contributed by atoms with Gasteiger partial charge in [-0.15, -0.1) is 0 Å². The normalized spacial score (nSPS) is 14.8. The van der Waals surface area contributed by atoms with E-state index < -0.39 is 0 Å². The van der Waals surface area contributed by atoms with Crippen molar-refractivity contribution in [3.8, 4) is 11.8 Å². The zero-order valence-electron chi connectivity index (χ0n) is 17.4. The van der Waals surface area contributed by atoms with Crippen LogP contribution >= 0.6 is 0 Å². The molecule has 0 bridgehead atoms. The van der Waals surface area contributed by atoms with Gasteiger partial charge >= 0.3 is 0 Å². The van der Waals surface area contributed by atoms with Gasteiger partial charge in [-0.05, 0) is 23.6 Å². The van der Waals surface area contributed by atoms with Crippen molar-refractivity contribution < 1.29 is 9.53 Å². The Bertz CT molecular complexity index is 897. The summed E-state index contributed by atoms with van der Waals surface area (Å²) in [6, 6.07) is 20.2. The van der Waals surface area contributed by atoms with Crippen LogP contribution in [0.15, 0.2) is 66.4 Å². The molecule has 1 N–H and O–H groups in total. The number of ether oxygens (including phenoxy) is 1. The van der Waals surface area contributed by atoms with Gasteiger partial charge in [-0.3, -0.25) is 9.69 Å². The van der Waals surface area contributed by atoms with Gasteiger partial charge in [0.15, 0.2) is 0 Å². The summed E-state index contributed by atoms with van der Waals surface area (Å²) >= 11 is 0. The minimum absolute atomic E-state index is 0.145. The highest BCUT2D eigenvalue weighted by atomic mass is 16.5. The van der Waals surface area contributed by atoms with Crippen molar-refractivity contribution in [3.63, 3.8) is 0 Å². The van der Waals surface area contributed by atoms with Crippen LogP contribution in [0.25, 0.3) is 0 Å². The van der Waals surface area contributed by atoms with Gasteiger partial charge in [-0.1, -0.05) is 48.5 Å². The van der Waals surface area contributed by atoms with Crippen molar-refractivity contribution >= 4 is 5.91 Å². The average molecular weight is 405 g/mol. The highest BCUT2D eigenvalue weighted by Gasteiger charge is 2.23. The number of methoxy groups -OCH3 is 1. The Labute approximate surface area is 178 Å². The van der Waals surface area contributed by atoms with E-state index in [2.05, 4.69) is 22.3 Å². The van der Waals surface area contributed by atoms with E-state index in [1.807, 2.05) is 48.5 Å². The van der Waals surface area contributed by atoms with Crippen LogP contribution in [-0.2, 0) is 17.8 Å². The Balaban J connectivity index is 1.47. The first-order chi connectivity index (χ1) is 14.7. The van der Waals surface area contributed by atoms with E-state index >= 15 is 0 Å². The zero-order chi connectivity index (χ0) is 21.2. The summed E-state index contributed by atoms with van der Waals surface area (Å²) in [7, 11) is 1.65. The number of para-hydroxylation sites is 1. The number of hydrogen-bond acceptors (Lipinski definition) is 5. The molecule has 0 spiro atoms. The second kappa shape index (κ2) is 11.0. The molecule has 2 aromatic carbocycles. The maximum atomic E-state index is 12.7. The molecule has 0 radical (unpaired) electrons. The van der Waals surface area contributed by atoms with Gasteiger partial charge in [-0.2, -0.15) is 5.26 Å². The van der Waals surface area contributed by atoms with Crippen molar-refractivity contribution in [1.29, 1.82) is 5.26 Å². The number of nitrogens with zero attached hydrogens (tertiary/aromatic N) is 3. The Morgan fingerprint density at radius 3 is 2.50 bits per heavy atom. The fourth-order valence-corrected chi connectivity index (χ4v) is 3.55. The molecule has 1 aliphatic rings. The molecule has 6 heteroatoms. The molecule has 1 amide bonds. The SMILES string of the molecule is COc1ccccc1CCN/C=C(/C#N)C(=O)N1CCN(Cc2ccccc2)CC1. The molecule has 0 aromatic heterocycles. The molecule has 0 unspecified atom stereocenters. The summed E-state index contributed by atoms with van der Waals surface area (Å²) in [6.07, 6.45) is 2.28. The number of amides is 1. The van der Waals surface area contributed by atoms with Crippen molar-refractivity contribution in [1.82, 2.24) is 15.1 Å². The van der Waals surface area contributed by atoms with Gasteiger partial charge in [-0.25, -0.2) is 0 Å². The lowest BCUT2D eigenvalue weighted by Gasteiger charge is -2.34. The maximum Gasteiger partial charge on any atom is 0.266 e. The van der Waals surface area contributed by atoms with E-state index in [4.69, 9.17) is 4.74 Å². The second-order valence-corrected chi connectivity index (χ2v) is 7.24. The second-order valence-electron chi connectivity index (χ2n) is 7.24. The molecular formula is C24H28N4O2. The molecule has 2 aromatic rings. The fraction of sp³-hybridized carbons (Fsp3) is 0.333. The molecule has 0 aliphatic carbocycles. The fourth-order valence-electron chi connectivity index (χ4n) is 3.55. The van der Waals surface area contributed by atoms with Crippen LogP contribution in [0.4, 0.5) is 0 Å². The standard InChI is InChI=1S/C24H28N4O2/c1-30-23-10-6-5-9-21(23)11-12-26-18-22(17-25)24(29)28-15-13-27(14-16-28)19-20-7-3-2-4-8-20/h2-10,18,26H,11-16,19H2,1H3/b22-18-. The quantitative estimate of drug-likeness (QED) is 0.416. The predicted octanol–water partition coefficient (Wildman–Crippen LogP) is 2.58. The van der Waals surface area contributed by atoms with Gasteiger partial charge in [0.2, 0.25) is 0 Å². The summed E-state index contributed by atoms with van der Waals surface area (Å²) in [4.78, 5) is 16.8. The third-order valence-electron chi connectivity index (χ3n) is 5.24. The molecule has 0 saturated carbocycles. The minimum atomic E-state index is -0.207. The Morgan fingerprint density at radius 2 is 1.80 bits per heavy atom. The summed E-state index contributed by atoms with van der Waals surface area (Å²) < 4.78 is 5.35. The van der Waals surface area contributed by atoms with Crippen molar-refractivity contribution in [2.45, 2.75) is 13.0 Å². The van der Waals surface area contributed by atoms with Crippen LogP contribution in [0.3, 0.4) is 0 Å². The first-order valence-corrected chi connectivity index (χ1v) is 10.2. The molecule has 1 fully saturated rings. The van der Waals surface area contributed by atoms with Crippen molar-refractivity contribution in [2.24, 2.45) is 0 Å². The van der Waals surface area contributed by atoms with Crippen LogP contribution in [0.1, 0.15) is 11.1 Å². The molecule has 1 heterocycles. The minimum Gasteiger partial charge on any atom is -0.496 e. The highest BCUT2D eigenvalue weighted by Crippen LogP contribution is 2.17. The van der Waals surface area contributed by atoms with Gasteiger partial charge in [0.25, 0.3) is 5.91 Å². The van der Waals surface area contributed by atoms with Crippen molar-refractivity contribution in [3.05, 3.63) is 77.5 Å². The van der Waals surface area contributed by atoms with Crippen LogP contribution in [0.5, 0.6) is 5.75 Å². The number of nitrogens with one attached hydrogen (secondary N) is 1. The largest absolute Gasteiger partial charge is 0.496 e. The summed E-state index contributed by atoms with van der Waals surface area (Å²) in [5, 5.41) is 12.5. The maximum absolute atomic E-state index is 12.7. The van der Waals surface area contributed by atoms with Crippen LogP contribution in [0.2, 0.25) is 0 Å². The Hall–Kier alpha value is -3.30. The van der Waals surface area contributed by atoms with Gasteiger partial charge in [0.05, 0.1) is 7.11 Å². The van der Waals surface area contributed by atoms with E-state index in [-0.39, 0.29) is 11.5 Å². The summed E-state index contributed by atoms with van der Waals surface area (Å²) in [5.74, 6) is 0.634. The molecule has 30 heavy (non-hydrogen) atoms. The average Bonchev–Trinajstić information content (AvgIpc) is 2.80. The number of carbonyl (C=O) groups is 1. The van der Waals surface area contributed by atoms with E-state index in [1.54, 1.807) is 12.0 Å². The van der Waals surface area contributed by atoms with Gasteiger partial charge in [0.1, 0.15) is 17.4 Å². The van der Waals surface area contributed by atoms with Gasteiger partial charge < -0.3 is 15.0 Å². The lowest BCUT2D eigenvalue weighted by molar-refractivity contribution is -0.128. The lowest BCUT2D eigenvalue weighted by Crippen LogP contribution is -2.48. The molecule has 0 atom stereocenters. The number of piperazine rings is 1. The number of benzene rings is 2. The van der Waals surface area contributed by atoms with Crippen LogP contribution in [0, 0.1) is 11.3 Å². The monoisotopic (exact) mass is 404 g/mol. The smallest absolute Gasteiger partial charge is 0.266 e. The highest BCUT2D eigenvalue weighted by molar-refractivity contribution is 5.97. The van der Waals surface area contributed by atoms with Gasteiger partial charge in [0, 0.05) is 45.5 Å².